The number of rotatable bonds is 7. The molecule has 1 spiro atoms. The predicted molar refractivity (Wildman–Crippen MR) is 220 cm³/mol. The number of hydrogen-bond acceptors (Lipinski definition) is 13. The molecule has 0 saturated carbocycles. The SMILES string of the molecule is C=C1CC2CCC34CC5OC6C(OC7CCC(CC(=O)CC8C(CC9OC(CCC1O2)CC(C)C9=C)OC(CC(=O)CNC(=O)C(=O)c1ccccc1)C8OC)OC7C6O3)C5O4. The molecular formula is C48H61NO13. The van der Waals surface area contributed by atoms with Gasteiger partial charge in [0.05, 0.1) is 67.6 Å². The van der Waals surface area contributed by atoms with E-state index in [0.717, 1.165) is 49.7 Å². The molecule has 1 N–H and O–H groups in total. The molecular weight excluding hydrogens is 799 g/mol. The first-order chi connectivity index (χ1) is 29.9. The van der Waals surface area contributed by atoms with Crippen molar-refractivity contribution < 1.29 is 61.8 Å². The number of methoxy groups -OCH3 is 1. The molecule has 1 aromatic rings. The van der Waals surface area contributed by atoms with Crippen LogP contribution in [0.2, 0.25) is 0 Å². The van der Waals surface area contributed by atoms with Gasteiger partial charge < -0.3 is 47.9 Å². The van der Waals surface area contributed by atoms with Crippen molar-refractivity contribution in [1.82, 2.24) is 5.32 Å². The van der Waals surface area contributed by atoms with Crippen LogP contribution in [0.25, 0.3) is 0 Å². The lowest BCUT2D eigenvalue weighted by Gasteiger charge is -2.47. The van der Waals surface area contributed by atoms with Crippen LogP contribution >= 0.6 is 0 Å². The van der Waals surface area contributed by atoms with Crippen molar-refractivity contribution in [3.05, 3.63) is 60.2 Å². The molecule has 10 fully saturated rings. The number of ether oxygens (including phenoxy) is 9. The van der Waals surface area contributed by atoms with Gasteiger partial charge in [0.15, 0.2) is 11.6 Å². The summed E-state index contributed by atoms with van der Waals surface area (Å²) in [5, 5.41) is 2.48. The van der Waals surface area contributed by atoms with E-state index in [1.165, 1.54) is 0 Å². The topological polar surface area (TPSA) is 163 Å². The second-order valence-corrected chi connectivity index (χ2v) is 19.4. The van der Waals surface area contributed by atoms with Crippen LogP contribution in [0.15, 0.2) is 54.6 Å². The number of carbonyl (C=O) groups excluding carboxylic acids is 4. The fourth-order valence-electron chi connectivity index (χ4n) is 12.2. The van der Waals surface area contributed by atoms with Crippen LogP contribution in [0.3, 0.4) is 0 Å². The van der Waals surface area contributed by atoms with Gasteiger partial charge in [-0.3, -0.25) is 19.2 Å². The van der Waals surface area contributed by atoms with E-state index in [1.807, 2.05) is 0 Å². The second-order valence-electron chi connectivity index (χ2n) is 19.4. The normalized spacial score (nSPS) is 45.0. The Kier molecular flexibility index (Phi) is 11.9. The molecule has 14 nitrogen and oxygen atoms in total. The minimum absolute atomic E-state index is 0.00614. The lowest BCUT2D eigenvalue weighted by Crippen LogP contribution is -2.61. The Hall–Kier alpha value is -3.18. The third kappa shape index (κ3) is 8.21. The molecule has 336 valence electrons. The summed E-state index contributed by atoms with van der Waals surface area (Å²) in [4.78, 5) is 53.1. The molecule has 10 saturated heterocycles. The summed E-state index contributed by atoms with van der Waals surface area (Å²) in [6, 6.07) is 8.20. The predicted octanol–water partition coefficient (Wildman–Crippen LogP) is 4.69. The van der Waals surface area contributed by atoms with Crippen molar-refractivity contribution in [2.45, 2.75) is 188 Å². The zero-order valence-corrected chi connectivity index (χ0v) is 35.8. The van der Waals surface area contributed by atoms with Gasteiger partial charge in [0, 0.05) is 57.1 Å². The zero-order chi connectivity index (χ0) is 42.9. The van der Waals surface area contributed by atoms with Crippen molar-refractivity contribution in [1.29, 1.82) is 0 Å². The molecule has 0 radical (unpaired) electrons. The summed E-state index contributed by atoms with van der Waals surface area (Å²) in [6.07, 6.45) is 2.94. The molecule has 10 aliphatic rings. The molecule has 1 aromatic carbocycles. The fourth-order valence-corrected chi connectivity index (χ4v) is 12.2. The number of fused-ring (bicyclic) bond motifs is 6. The second kappa shape index (κ2) is 17.3. The van der Waals surface area contributed by atoms with Crippen LogP contribution in [0, 0.1) is 11.8 Å². The maximum atomic E-state index is 14.3. The first kappa shape index (κ1) is 42.8. The smallest absolute Gasteiger partial charge is 0.292 e. The number of nitrogens with one attached hydrogen (secondary N) is 1. The molecule has 0 aliphatic carbocycles. The highest BCUT2D eigenvalue weighted by Gasteiger charge is 2.68. The van der Waals surface area contributed by atoms with Gasteiger partial charge in [-0.15, -0.1) is 0 Å². The zero-order valence-electron chi connectivity index (χ0n) is 35.8. The fraction of sp³-hybridized carbons (Fsp3) is 0.708. The first-order valence-corrected chi connectivity index (χ1v) is 23.0. The summed E-state index contributed by atoms with van der Waals surface area (Å²) in [5.41, 5.74) is 2.32. The van der Waals surface area contributed by atoms with Gasteiger partial charge in [-0.1, -0.05) is 50.4 Å². The summed E-state index contributed by atoms with van der Waals surface area (Å²) in [7, 11) is 1.57. The molecule has 18 unspecified atom stereocenters. The number of amides is 1. The summed E-state index contributed by atoms with van der Waals surface area (Å²) in [6.45, 7) is 10.7. The Labute approximate surface area is 363 Å². The van der Waals surface area contributed by atoms with Gasteiger partial charge in [-0.05, 0) is 62.0 Å². The van der Waals surface area contributed by atoms with E-state index in [1.54, 1.807) is 37.4 Å². The number of ketones is 3. The highest BCUT2D eigenvalue weighted by molar-refractivity contribution is 6.43. The average molecular weight is 860 g/mol. The third-order valence-electron chi connectivity index (χ3n) is 15.3. The van der Waals surface area contributed by atoms with Gasteiger partial charge in [0.25, 0.3) is 5.91 Å². The molecule has 10 aliphatic heterocycles. The van der Waals surface area contributed by atoms with Gasteiger partial charge >= 0.3 is 0 Å². The van der Waals surface area contributed by atoms with E-state index in [2.05, 4.69) is 25.4 Å². The molecule has 12 bridgehead atoms. The van der Waals surface area contributed by atoms with Crippen LogP contribution in [-0.4, -0.2) is 134 Å². The van der Waals surface area contributed by atoms with E-state index in [9.17, 15) is 19.2 Å². The van der Waals surface area contributed by atoms with E-state index in [0.29, 0.717) is 25.7 Å². The lowest BCUT2D eigenvalue weighted by molar-refractivity contribution is -0.292. The average Bonchev–Trinajstić information content (AvgIpc) is 3.94. The highest BCUT2D eigenvalue weighted by Crippen LogP contribution is 2.54. The van der Waals surface area contributed by atoms with Gasteiger partial charge in [-0.25, -0.2) is 0 Å². The van der Waals surface area contributed by atoms with Crippen molar-refractivity contribution in [2.24, 2.45) is 11.8 Å². The Morgan fingerprint density at radius 3 is 2.32 bits per heavy atom. The third-order valence-corrected chi connectivity index (χ3v) is 15.3. The van der Waals surface area contributed by atoms with Crippen molar-refractivity contribution in [3.8, 4) is 0 Å². The standard InChI is InChI=1S/C48H61NO13/c1-24-16-30-10-12-34-25(2)17-32(55-34)14-15-48-22-39-43(61-48)44-45(60-39)46(62-48)42-35(59-44)13-11-31(57-42)18-28(50)19-33-37(21-36(56-30)26(24)3)58-38(41(33)54-4)20-29(51)23-49-47(53)40(52)27-8-6-5-7-9-27/h5-9,24,30-39,41-46H,2-3,10-23H2,1,4H3,(H,49,53). The lowest BCUT2D eigenvalue weighted by atomic mass is 9.81. The molecule has 62 heavy (non-hydrogen) atoms. The maximum Gasteiger partial charge on any atom is 0.292 e. The summed E-state index contributed by atoms with van der Waals surface area (Å²) in [5.74, 6) is -2.92. The van der Waals surface area contributed by atoms with Crippen LogP contribution < -0.4 is 5.32 Å². The quantitative estimate of drug-likeness (QED) is 0.229. The Balaban J connectivity index is 0.882. The monoisotopic (exact) mass is 859 g/mol. The van der Waals surface area contributed by atoms with E-state index in [-0.39, 0.29) is 116 Å². The molecule has 18 atom stereocenters. The van der Waals surface area contributed by atoms with Crippen LogP contribution in [-0.2, 0) is 57.0 Å². The Bertz CT molecular complexity index is 1920. The van der Waals surface area contributed by atoms with Crippen LogP contribution in [0.4, 0.5) is 0 Å². The minimum Gasteiger partial charge on any atom is -0.378 e. The van der Waals surface area contributed by atoms with Crippen molar-refractivity contribution in [3.63, 3.8) is 0 Å². The molecule has 0 aromatic heterocycles. The number of benzene rings is 1. The molecule has 14 heteroatoms. The molecule has 10 heterocycles. The van der Waals surface area contributed by atoms with E-state index >= 15 is 0 Å². The van der Waals surface area contributed by atoms with Crippen LogP contribution in [0.1, 0.15) is 101 Å². The Morgan fingerprint density at radius 1 is 0.758 bits per heavy atom. The van der Waals surface area contributed by atoms with Gasteiger partial charge in [0.2, 0.25) is 5.78 Å². The number of carbonyl (C=O) groups is 4. The molecule has 1 amide bonds. The van der Waals surface area contributed by atoms with Crippen LogP contribution in [0.5, 0.6) is 0 Å². The maximum absolute atomic E-state index is 14.3. The van der Waals surface area contributed by atoms with Gasteiger partial charge in [-0.2, -0.15) is 0 Å². The van der Waals surface area contributed by atoms with Crippen molar-refractivity contribution in [2.75, 3.05) is 13.7 Å². The summed E-state index contributed by atoms with van der Waals surface area (Å²) >= 11 is 0. The number of Topliss-reactive ketones (excluding diaryl/α,β-unsaturated/α-hetero) is 3. The number of hydrogen-bond donors (Lipinski definition) is 1. The summed E-state index contributed by atoms with van der Waals surface area (Å²) < 4.78 is 60.2. The Morgan fingerprint density at radius 2 is 1.50 bits per heavy atom. The molecule has 11 rings (SSSR count). The van der Waals surface area contributed by atoms with E-state index in [4.69, 9.17) is 42.6 Å². The minimum atomic E-state index is -0.861. The van der Waals surface area contributed by atoms with Crippen molar-refractivity contribution >= 4 is 23.3 Å². The van der Waals surface area contributed by atoms with Gasteiger partial charge in [0.1, 0.15) is 36.3 Å². The highest BCUT2D eigenvalue weighted by atomic mass is 16.8. The first-order valence-electron chi connectivity index (χ1n) is 23.0. The largest absolute Gasteiger partial charge is 0.378 e. The van der Waals surface area contributed by atoms with E-state index < -0.39 is 47.8 Å².